The van der Waals surface area contributed by atoms with Crippen molar-refractivity contribution in [3.63, 3.8) is 0 Å². The summed E-state index contributed by atoms with van der Waals surface area (Å²) in [6.07, 6.45) is -0.181. The lowest BCUT2D eigenvalue weighted by molar-refractivity contribution is -0.135. The number of nitrogens with one attached hydrogen (secondary N) is 4. The number of urea groups is 1. The van der Waals surface area contributed by atoms with Crippen LogP contribution in [-0.2, 0) is 46.4 Å². The van der Waals surface area contributed by atoms with Crippen molar-refractivity contribution < 1.29 is 48.1 Å². The van der Waals surface area contributed by atoms with Gasteiger partial charge in [-0.05, 0) is 52.1 Å². The highest BCUT2D eigenvalue weighted by atomic mass is 16.6. The van der Waals surface area contributed by atoms with Gasteiger partial charge in [0, 0.05) is 44.7 Å². The molecule has 318 valence electrons. The molecule has 0 spiro atoms. The fraction of sp³-hybridized carbons (Fsp3) is 0.455. The number of nitrogens with two attached hydrogens (primary N) is 1. The van der Waals surface area contributed by atoms with Crippen LogP contribution in [0.4, 0.5) is 9.59 Å². The second kappa shape index (κ2) is 23.7. The summed E-state index contributed by atoms with van der Waals surface area (Å²) in [6.45, 7) is 5.61. The van der Waals surface area contributed by atoms with Gasteiger partial charge in [0.05, 0.1) is 39.1 Å². The Morgan fingerprint density at radius 3 is 1.98 bits per heavy atom. The van der Waals surface area contributed by atoms with Gasteiger partial charge in [0.2, 0.25) is 11.8 Å². The normalized spacial score (nSPS) is 13.4. The molecular weight excluding hydrogens is 759 g/mol. The highest BCUT2D eigenvalue weighted by Crippen LogP contribution is 2.44. The van der Waals surface area contributed by atoms with E-state index < -0.39 is 47.7 Å². The Kier molecular flexibility index (Phi) is 18.5. The molecule has 0 radical (unpaired) electrons. The molecule has 1 aliphatic rings. The molecular formula is C44H57N5O10. The van der Waals surface area contributed by atoms with Gasteiger partial charge >= 0.3 is 12.1 Å². The van der Waals surface area contributed by atoms with E-state index in [1.54, 1.807) is 38.1 Å². The number of benzene rings is 3. The first-order valence-electron chi connectivity index (χ1n) is 20.0. The zero-order valence-electron chi connectivity index (χ0n) is 34.0. The molecule has 0 fully saturated rings. The Bertz CT molecular complexity index is 1840. The molecule has 0 unspecified atom stereocenters. The van der Waals surface area contributed by atoms with E-state index in [1.165, 1.54) is 6.92 Å². The van der Waals surface area contributed by atoms with E-state index >= 15 is 0 Å². The lowest BCUT2D eigenvalue weighted by atomic mass is 9.87. The molecule has 3 aromatic rings. The van der Waals surface area contributed by atoms with E-state index in [4.69, 9.17) is 19.9 Å². The molecule has 0 heterocycles. The van der Waals surface area contributed by atoms with E-state index in [0.717, 1.165) is 22.3 Å². The third kappa shape index (κ3) is 14.6. The number of alkyl carbamates (subject to hydrolysis) is 1. The number of primary amides is 1. The minimum absolute atomic E-state index is 0.0198. The summed E-state index contributed by atoms with van der Waals surface area (Å²) in [5, 5.41) is 19.9. The van der Waals surface area contributed by atoms with Crippen molar-refractivity contribution in [1.29, 1.82) is 0 Å². The number of aliphatic hydroxyl groups excluding tert-OH is 1. The zero-order chi connectivity index (χ0) is 42.7. The molecule has 59 heavy (non-hydrogen) atoms. The SMILES string of the molecule is CC(=O)N[C@@H](COCCOCCNC(=O)OCC1c2ccccc2-c2ccccc21)C(=O)C[C@H](C(=O)N[C@@H](CCCNC(N)=O)C(=O)Cc1ccc(CO)cc1)C(C)C. The van der Waals surface area contributed by atoms with Crippen LogP contribution in [0.3, 0.4) is 0 Å². The molecule has 15 heteroatoms. The van der Waals surface area contributed by atoms with E-state index in [0.29, 0.717) is 17.5 Å². The predicted molar refractivity (Wildman–Crippen MR) is 220 cm³/mol. The summed E-state index contributed by atoms with van der Waals surface area (Å²) in [6, 6.07) is 20.4. The molecule has 7 N–H and O–H groups in total. The molecule has 0 bridgehead atoms. The Morgan fingerprint density at radius 2 is 1.37 bits per heavy atom. The highest BCUT2D eigenvalue weighted by Gasteiger charge is 2.32. The average Bonchev–Trinajstić information content (AvgIpc) is 3.53. The Morgan fingerprint density at radius 1 is 0.746 bits per heavy atom. The summed E-state index contributed by atoms with van der Waals surface area (Å²) in [4.78, 5) is 76.3. The summed E-state index contributed by atoms with van der Waals surface area (Å²) in [5.74, 6) is -2.79. The Hall–Kier alpha value is -5.64. The number of aliphatic hydroxyl groups is 1. The smallest absolute Gasteiger partial charge is 0.407 e. The van der Waals surface area contributed by atoms with Crippen LogP contribution < -0.4 is 27.0 Å². The average molecular weight is 816 g/mol. The molecule has 0 aromatic heterocycles. The molecule has 1 aliphatic carbocycles. The third-order valence-corrected chi connectivity index (χ3v) is 10.1. The van der Waals surface area contributed by atoms with Gasteiger partial charge in [0.25, 0.3) is 0 Å². The number of hydrogen-bond donors (Lipinski definition) is 6. The van der Waals surface area contributed by atoms with Crippen molar-refractivity contribution in [3.05, 3.63) is 95.1 Å². The van der Waals surface area contributed by atoms with Crippen molar-refractivity contribution in [2.45, 2.75) is 71.1 Å². The fourth-order valence-corrected chi connectivity index (χ4v) is 6.94. The van der Waals surface area contributed by atoms with Gasteiger partial charge in [-0.3, -0.25) is 19.2 Å². The van der Waals surface area contributed by atoms with Crippen molar-refractivity contribution in [2.75, 3.05) is 46.1 Å². The van der Waals surface area contributed by atoms with Crippen molar-refractivity contribution in [3.8, 4) is 11.1 Å². The van der Waals surface area contributed by atoms with Gasteiger partial charge in [-0.15, -0.1) is 0 Å². The number of amides is 5. The zero-order valence-corrected chi connectivity index (χ0v) is 34.0. The van der Waals surface area contributed by atoms with Gasteiger partial charge in [-0.2, -0.15) is 0 Å². The van der Waals surface area contributed by atoms with Crippen LogP contribution in [-0.4, -0.2) is 98.8 Å². The van der Waals surface area contributed by atoms with Crippen LogP contribution in [0.5, 0.6) is 0 Å². The Labute approximate surface area is 345 Å². The second-order valence-corrected chi connectivity index (χ2v) is 14.8. The highest BCUT2D eigenvalue weighted by molar-refractivity contribution is 5.95. The summed E-state index contributed by atoms with van der Waals surface area (Å²) >= 11 is 0. The second-order valence-electron chi connectivity index (χ2n) is 14.8. The molecule has 15 nitrogen and oxygen atoms in total. The first-order valence-corrected chi connectivity index (χ1v) is 20.0. The van der Waals surface area contributed by atoms with Gasteiger partial charge in [-0.1, -0.05) is 86.6 Å². The number of carbonyl (C=O) groups is 6. The van der Waals surface area contributed by atoms with Gasteiger partial charge < -0.3 is 46.3 Å². The predicted octanol–water partition coefficient (Wildman–Crippen LogP) is 3.53. The van der Waals surface area contributed by atoms with E-state index in [1.807, 2.05) is 24.3 Å². The van der Waals surface area contributed by atoms with E-state index in [2.05, 4.69) is 45.5 Å². The largest absolute Gasteiger partial charge is 0.449 e. The minimum atomic E-state index is -1.03. The third-order valence-electron chi connectivity index (χ3n) is 10.1. The number of ether oxygens (including phenoxy) is 3. The molecule has 0 saturated carbocycles. The number of ketones is 2. The van der Waals surface area contributed by atoms with Crippen LogP contribution in [0, 0.1) is 11.8 Å². The molecule has 0 saturated heterocycles. The topological polar surface area (TPSA) is 224 Å². The standard InChI is InChI=1S/C44H57N5O10/c1-28(2)36(42(54)49-38(13-8-18-46-43(45)55)40(52)23-30-14-16-31(25-50)17-15-30)24-41(53)39(48-29(3)51)27-58-22-21-57-20-19-47-44(56)59-26-37-34-11-6-4-9-32(34)33-10-5-7-12-35(33)37/h4-7,9-12,14-17,28,36-39,50H,8,13,18-27H2,1-3H3,(H,47,56)(H,48,51)(H,49,54)(H3,45,46,55)/t36-,38-,39-/m0/s1. The van der Waals surface area contributed by atoms with Gasteiger partial charge in [0.1, 0.15) is 12.6 Å². The fourth-order valence-electron chi connectivity index (χ4n) is 6.94. The first kappa shape index (κ1) is 46.1. The maximum Gasteiger partial charge on any atom is 0.407 e. The van der Waals surface area contributed by atoms with Crippen molar-refractivity contribution in [1.82, 2.24) is 21.3 Å². The van der Waals surface area contributed by atoms with Gasteiger partial charge in [-0.25, -0.2) is 9.59 Å². The molecule has 4 rings (SSSR count). The number of Topliss-reactive ketones (excluding diaryl/α,β-unsaturated/α-hetero) is 2. The summed E-state index contributed by atoms with van der Waals surface area (Å²) < 4.78 is 16.8. The van der Waals surface area contributed by atoms with Crippen LogP contribution in [0.2, 0.25) is 0 Å². The number of fused-ring (bicyclic) bond motifs is 3. The lowest BCUT2D eigenvalue weighted by Crippen LogP contribution is -2.48. The van der Waals surface area contributed by atoms with Crippen LogP contribution >= 0.6 is 0 Å². The van der Waals surface area contributed by atoms with Crippen LogP contribution in [0.1, 0.15) is 68.2 Å². The molecule has 0 aliphatic heterocycles. The van der Waals surface area contributed by atoms with Gasteiger partial charge in [0.15, 0.2) is 11.6 Å². The maximum absolute atomic E-state index is 13.7. The monoisotopic (exact) mass is 815 g/mol. The van der Waals surface area contributed by atoms with Crippen molar-refractivity contribution >= 4 is 35.5 Å². The molecule has 3 aromatic carbocycles. The maximum atomic E-state index is 13.7. The Balaban J connectivity index is 1.20. The molecule has 3 atom stereocenters. The first-order chi connectivity index (χ1) is 28.4. The van der Waals surface area contributed by atoms with E-state index in [-0.39, 0.29) is 89.6 Å². The lowest BCUT2D eigenvalue weighted by Gasteiger charge is -2.26. The summed E-state index contributed by atoms with van der Waals surface area (Å²) in [7, 11) is 0. The minimum Gasteiger partial charge on any atom is -0.449 e. The number of rotatable bonds is 25. The van der Waals surface area contributed by atoms with Crippen LogP contribution in [0.25, 0.3) is 11.1 Å². The van der Waals surface area contributed by atoms with Crippen molar-refractivity contribution in [2.24, 2.45) is 17.6 Å². The molecule has 5 amide bonds. The van der Waals surface area contributed by atoms with Crippen LogP contribution in [0.15, 0.2) is 72.8 Å². The quantitative estimate of drug-likeness (QED) is 0.0683. The summed E-state index contributed by atoms with van der Waals surface area (Å²) in [5.41, 5.74) is 11.1. The number of carbonyl (C=O) groups excluding carboxylic acids is 6. The van der Waals surface area contributed by atoms with E-state index in [9.17, 15) is 33.9 Å². The number of hydrogen-bond acceptors (Lipinski definition) is 10.